The Morgan fingerprint density at radius 3 is 2.14 bits per heavy atom. The fourth-order valence-electron chi connectivity index (χ4n) is 3.08. The van der Waals surface area contributed by atoms with Gasteiger partial charge >= 0.3 is 0 Å². The van der Waals surface area contributed by atoms with Crippen molar-refractivity contribution in [1.82, 2.24) is 4.90 Å². The number of nitro groups is 1. The van der Waals surface area contributed by atoms with Crippen LogP contribution in [0.4, 0.5) is 5.69 Å². The molecule has 0 aliphatic rings. The molecule has 5 heteroatoms. The highest BCUT2D eigenvalue weighted by Crippen LogP contribution is 2.24. The molecule has 0 fully saturated rings. The molecular weight excluding hydrogens is 364 g/mol. The monoisotopic (exact) mass is 386 g/mol. The third-order valence-electron chi connectivity index (χ3n) is 4.53. The van der Waals surface area contributed by atoms with Gasteiger partial charge in [0, 0.05) is 30.8 Å². The topological polar surface area (TPSA) is 66.6 Å². The zero-order valence-electron chi connectivity index (χ0n) is 15.9. The number of rotatable bonds is 7. The molecule has 0 aliphatic carbocycles. The summed E-state index contributed by atoms with van der Waals surface area (Å²) in [4.78, 5) is 12.7. The minimum absolute atomic E-state index is 0.0106. The second-order valence-electron chi connectivity index (χ2n) is 6.57. The van der Waals surface area contributed by atoms with E-state index in [0.29, 0.717) is 13.1 Å². The zero-order valence-corrected chi connectivity index (χ0v) is 15.9. The van der Waals surface area contributed by atoms with E-state index < -0.39 is 4.92 Å². The molecule has 0 radical (unpaired) electrons. The Hall–Kier alpha value is -3.46. The summed E-state index contributed by atoms with van der Waals surface area (Å²) in [6, 6.07) is 25.8. The van der Waals surface area contributed by atoms with Crippen molar-refractivity contribution in [2.24, 2.45) is 0 Å². The van der Waals surface area contributed by atoms with Crippen LogP contribution in [0, 0.1) is 22.0 Å². The van der Waals surface area contributed by atoms with Crippen molar-refractivity contribution in [3.63, 3.8) is 0 Å². The predicted molar refractivity (Wildman–Crippen MR) is 113 cm³/mol. The summed E-state index contributed by atoms with van der Waals surface area (Å²) >= 11 is 0. The van der Waals surface area contributed by atoms with Crippen LogP contribution in [-0.4, -0.2) is 28.1 Å². The minimum atomic E-state index is -0.413. The van der Waals surface area contributed by atoms with E-state index in [1.807, 2.05) is 60.7 Å². The molecule has 0 heterocycles. The number of non-ortho nitro benzene ring substituents is 1. The molecule has 0 spiro atoms. The van der Waals surface area contributed by atoms with Crippen LogP contribution in [0.15, 0.2) is 84.9 Å². The second kappa shape index (κ2) is 10.2. The number of benzene rings is 3. The third-order valence-corrected chi connectivity index (χ3v) is 4.53. The van der Waals surface area contributed by atoms with Crippen LogP contribution in [-0.2, 0) is 6.54 Å². The van der Waals surface area contributed by atoms with Crippen LogP contribution in [0.1, 0.15) is 22.7 Å². The van der Waals surface area contributed by atoms with Crippen LogP contribution in [0.5, 0.6) is 0 Å². The van der Waals surface area contributed by atoms with Gasteiger partial charge in [0.1, 0.15) is 0 Å². The highest BCUT2D eigenvalue weighted by Gasteiger charge is 2.19. The van der Waals surface area contributed by atoms with Crippen LogP contribution < -0.4 is 0 Å². The summed E-state index contributed by atoms with van der Waals surface area (Å²) in [6.07, 6.45) is 0. The van der Waals surface area contributed by atoms with Crippen molar-refractivity contribution in [3.05, 3.63) is 112 Å². The molecule has 29 heavy (non-hydrogen) atoms. The predicted octanol–water partition coefficient (Wildman–Crippen LogP) is 4.18. The summed E-state index contributed by atoms with van der Waals surface area (Å²) in [5.74, 6) is 6.50. The molecule has 0 saturated heterocycles. The van der Waals surface area contributed by atoms with Crippen LogP contribution >= 0.6 is 0 Å². The first-order chi connectivity index (χ1) is 14.2. The summed E-state index contributed by atoms with van der Waals surface area (Å²) in [5.41, 5.74) is 2.89. The smallest absolute Gasteiger partial charge is 0.269 e. The number of nitrogens with zero attached hydrogens (tertiary/aromatic N) is 2. The van der Waals surface area contributed by atoms with E-state index in [2.05, 4.69) is 16.7 Å². The van der Waals surface area contributed by atoms with Crippen LogP contribution in [0.3, 0.4) is 0 Å². The van der Waals surface area contributed by atoms with Gasteiger partial charge in [0.25, 0.3) is 5.69 Å². The van der Waals surface area contributed by atoms with Gasteiger partial charge in [-0.15, -0.1) is 0 Å². The van der Waals surface area contributed by atoms with Gasteiger partial charge in [-0.25, -0.2) is 0 Å². The Morgan fingerprint density at radius 2 is 1.55 bits per heavy atom. The maximum atomic E-state index is 11.0. The molecule has 3 aromatic carbocycles. The van der Waals surface area contributed by atoms with E-state index in [-0.39, 0.29) is 18.3 Å². The Kier molecular flexibility index (Phi) is 7.12. The van der Waals surface area contributed by atoms with E-state index in [4.69, 9.17) is 0 Å². The van der Waals surface area contributed by atoms with Gasteiger partial charge in [0.15, 0.2) is 0 Å². The lowest BCUT2D eigenvalue weighted by atomic mass is 10.0. The fraction of sp³-hybridized carbons (Fsp3) is 0.167. The summed E-state index contributed by atoms with van der Waals surface area (Å²) in [5, 5.41) is 20.6. The molecule has 5 nitrogen and oxygen atoms in total. The first kappa shape index (κ1) is 20.3. The number of hydrogen-bond acceptors (Lipinski definition) is 4. The SMILES string of the molecule is O=[N+]([O-])c1ccc(C(C#Cc2ccccc2)N(CCO)Cc2ccccc2)cc1. The zero-order chi connectivity index (χ0) is 20.5. The van der Waals surface area contributed by atoms with Gasteiger partial charge in [-0.2, -0.15) is 0 Å². The molecule has 0 aromatic heterocycles. The van der Waals surface area contributed by atoms with Gasteiger partial charge in [-0.3, -0.25) is 15.0 Å². The Morgan fingerprint density at radius 1 is 0.931 bits per heavy atom. The lowest BCUT2D eigenvalue weighted by molar-refractivity contribution is -0.384. The first-order valence-electron chi connectivity index (χ1n) is 9.37. The first-order valence-corrected chi connectivity index (χ1v) is 9.37. The maximum Gasteiger partial charge on any atom is 0.269 e. The van der Waals surface area contributed by atoms with Crippen molar-refractivity contribution in [2.75, 3.05) is 13.2 Å². The number of aliphatic hydroxyl groups is 1. The van der Waals surface area contributed by atoms with Crippen LogP contribution in [0.25, 0.3) is 0 Å². The molecule has 146 valence electrons. The molecule has 3 aromatic rings. The largest absolute Gasteiger partial charge is 0.395 e. The number of nitro benzene ring substituents is 1. The van der Waals surface area contributed by atoms with Crippen molar-refractivity contribution in [2.45, 2.75) is 12.6 Å². The third kappa shape index (κ3) is 5.76. The minimum Gasteiger partial charge on any atom is -0.395 e. The molecule has 1 N–H and O–H groups in total. The van der Waals surface area contributed by atoms with Gasteiger partial charge in [0.05, 0.1) is 17.6 Å². The molecule has 1 atom stereocenters. The van der Waals surface area contributed by atoms with Crippen molar-refractivity contribution in [3.8, 4) is 11.8 Å². The lowest BCUT2D eigenvalue weighted by Crippen LogP contribution is -2.30. The molecule has 3 rings (SSSR count). The number of aliphatic hydroxyl groups excluding tert-OH is 1. The van der Waals surface area contributed by atoms with E-state index >= 15 is 0 Å². The second-order valence-corrected chi connectivity index (χ2v) is 6.57. The average molecular weight is 386 g/mol. The molecule has 0 saturated carbocycles. The number of hydrogen-bond donors (Lipinski definition) is 1. The van der Waals surface area contributed by atoms with E-state index in [1.54, 1.807) is 12.1 Å². The maximum absolute atomic E-state index is 11.0. The standard InChI is InChI=1S/C24H22N2O3/c27-18-17-25(19-21-9-5-2-6-10-21)24(16-11-20-7-3-1-4-8-20)22-12-14-23(15-13-22)26(28)29/h1-10,12-15,24,27H,17-19H2. The molecular formula is C24H22N2O3. The lowest BCUT2D eigenvalue weighted by Gasteiger charge is -2.28. The van der Waals surface area contributed by atoms with E-state index in [1.165, 1.54) is 12.1 Å². The van der Waals surface area contributed by atoms with Crippen molar-refractivity contribution >= 4 is 5.69 Å². The molecule has 1 unspecified atom stereocenters. The molecule has 0 aliphatic heterocycles. The summed E-state index contributed by atoms with van der Waals surface area (Å²) in [7, 11) is 0. The fourth-order valence-corrected chi connectivity index (χ4v) is 3.08. The van der Waals surface area contributed by atoms with E-state index in [9.17, 15) is 15.2 Å². The Labute approximate surface area is 170 Å². The summed E-state index contributed by atoms with van der Waals surface area (Å²) < 4.78 is 0. The summed E-state index contributed by atoms with van der Waals surface area (Å²) in [6.45, 7) is 1.02. The molecule has 0 amide bonds. The highest BCUT2D eigenvalue weighted by molar-refractivity contribution is 5.40. The van der Waals surface area contributed by atoms with Gasteiger partial charge in [-0.05, 0) is 35.4 Å². The van der Waals surface area contributed by atoms with Gasteiger partial charge < -0.3 is 5.11 Å². The van der Waals surface area contributed by atoms with Crippen LogP contribution in [0.2, 0.25) is 0 Å². The van der Waals surface area contributed by atoms with Crippen molar-refractivity contribution < 1.29 is 10.0 Å². The molecule has 0 bridgehead atoms. The Balaban J connectivity index is 1.97. The quantitative estimate of drug-likeness (QED) is 0.376. The van der Waals surface area contributed by atoms with E-state index in [0.717, 1.165) is 16.7 Å². The van der Waals surface area contributed by atoms with Crippen molar-refractivity contribution in [1.29, 1.82) is 0 Å². The normalized spacial score (nSPS) is 11.5. The van der Waals surface area contributed by atoms with Gasteiger partial charge in [0.2, 0.25) is 0 Å². The van der Waals surface area contributed by atoms with Gasteiger partial charge in [-0.1, -0.05) is 60.4 Å². The highest BCUT2D eigenvalue weighted by atomic mass is 16.6. The average Bonchev–Trinajstić information content (AvgIpc) is 2.76. The Bertz CT molecular complexity index is 977.